The molecule has 0 saturated carbocycles. The number of rotatable bonds is 5. The zero-order valence-corrected chi connectivity index (χ0v) is 10.3. The summed E-state index contributed by atoms with van der Waals surface area (Å²) in [5, 5.41) is 12.3. The van der Waals surface area contributed by atoms with Crippen LogP contribution in [0.15, 0.2) is 24.3 Å². The van der Waals surface area contributed by atoms with Crippen molar-refractivity contribution in [3.63, 3.8) is 0 Å². The van der Waals surface area contributed by atoms with Crippen LogP contribution in [0.2, 0.25) is 0 Å². The Morgan fingerprint density at radius 2 is 1.88 bits per heavy atom. The van der Waals surface area contributed by atoms with E-state index >= 15 is 0 Å². The van der Waals surface area contributed by atoms with Gasteiger partial charge in [0.05, 0.1) is 11.6 Å². The molecule has 1 aromatic rings. The molecule has 0 fully saturated rings. The first-order valence-corrected chi connectivity index (χ1v) is 5.93. The molecule has 0 aliphatic rings. The summed E-state index contributed by atoms with van der Waals surface area (Å²) in [7, 11) is 0. The van der Waals surface area contributed by atoms with Gasteiger partial charge < -0.3 is 5.32 Å². The fraction of sp³-hybridized carbons (Fsp3) is 0.500. The second kappa shape index (κ2) is 6.30. The average molecular weight is 216 g/mol. The van der Waals surface area contributed by atoms with Gasteiger partial charge in [0.2, 0.25) is 0 Å². The van der Waals surface area contributed by atoms with Crippen molar-refractivity contribution in [3.05, 3.63) is 35.4 Å². The van der Waals surface area contributed by atoms with Crippen molar-refractivity contribution in [1.82, 2.24) is 5.32 Å². The summed E-state index contributed by atoms with van der Waals surface area (Å²) in [6.45, 7) is 6.57. The molecular formula is C14H20N2. The fourth-order valence-corrected chi connectivity index (χ4v) is 1.89. The number of nitrogens with one attached hydrogen (secondary N) is 1. The predicted molar refractivity (Wildman–Crippen MR) is 67.1 cm³/mol. The molecule has 1 rings (SSSR count). The van der Waals surface area contributed by atoms with Crippen molar-refractivity contribution in [1.29, 1.82) is 5.26 Å². The van der Waals surface area contributed by atoms with Crippen LogP contribution >= 0.6 is 0 Å². The van der Waals surface area contributed by atoms with E-state index in [-0.39, 0.29) is 0 Å². The van der Waals surface area contributed by atoms with Gasteiger partial charge in [0.15, 0.2) is 0 Å². The summed E-state index contributed by atoms with van der Waals surface area (Å²) in [5.41, 5.74) is 1.96. The summed E-state index contributed by atoms with van der Waals surface area (Å²) in [6, 6.07) is 10.8. The van der Waals surface area contributed by atoms with Gasteiger partial charge in [-0.2, -0.15) is 5.26 Å². The van der Waals surface area contributed by atoms with Crippen molar-refractivity contribution < 1.29 is 0 Å². The standard InChI is InChI=1S/C14H20N2/c1-4-5-11(2)16-12(3)14-8-6-13(10-15)7-9-14/h6-9,11-12,16H,4-5H2,1-3H3. The van der Waals surface area contributed by atoms with Crippen LogP contribution in [0.4, 0.5) is 0 Å². The number of hydrogen-bond donors (Lipinski definition) is 1. The number of benzene rings is 1. The van der Waals surface area contributed by atoms with Crippen molar-refractivity contribution >= 4 is 0 Å². The normalized spacial score (nSPS) is 14.1. The Labute approximate surface area is 98.3 Å². The lowest BCUT2D eigenvalue weighted by molar-refractivity contribution is 0.453. The highest BCUT2D eigenvalue weighted by Gasteiger charge is 2.08. The molecule has 86 valence electrons. The molecular weight excluding hydrogens is 196 g/mol. The molecule has 0 aliphatic carbocycles. The minimum Gasteiger partial charge on any atom is -0.308 e. The molecule has 0 saturated heterocycles. The second-order valence-corrected chi connectivity index (χ2v) is 4.31. The Hall–Kier alpha value is -1.33. The zero-order valence-electron chi connectivity index (χ0n) is 10.3. The Kier molecular flexibility index (Phi) is 5.01. The van der Waals surface area contributed by atoms with Gasteiger partial charge in [-0.25, -0.2) is 0 Å². The van der Waals surface area contributed by atoms with Crippen LogP contribution in [0.25, 0.3) is 0 Å². The van der Waals surface area contributed by atoms with Crippen LogP contribution in [0.5, 0.6) is 0 Å². The van der Waals surface area contributed by atoms with E-state index in [0.29, 0.717) is 12.1 Å². The van der Waals surface area contributed by atoms with Crippen LogP contribution in [0.1, 0.15) is 50.8 Å². The highest BCUT2D eigenvalue weighted by Crippen LogP contribution is 2.14. The average Bonchev–Trinajstić information content (AvgIpc) is 2.29. The topological polar surface area (TPSA) is 35.8 Å². The first-order valence-electron chi connectivity index (χ1n) is 5.93. The van der Waals surface area contributed by atoms with E-state index in [1.165, 1.54) is 18.4 Å². The van der Waals surface area contributed by atoms with E-state index in [1.807, 2.05) is 24.3 Å². The van der Waals surface area contributed by atoms with E-state index < -0.39 is 0 Å². The Morgan fingerprint density at radius 1 is 1.25 bits per heavy atom. The molecule has 0 radical (unpaired) electrons. The Morgan fingerprint density at radius 3 is 2.38 bits per heavy atom. The van der Waals surface area contributed by atoms with Crippen LogP contribution in [0, 0.1) is 11.3 Å². The van der Waals surface area contributed by atoms with E-state index in [1.54, 1.807) is 0 Å². The summed E-state index contributed by atoms with van der Waals surface area (Å²) in [4.78, 5) is 0. The molecule has 1 aromatic carbocycles. The molecule has 16 heavy (non-hydrogen) atoms. The highest BCUT2D eigenvalue weighted by atomic mass is 14.9. The zero-order chi connectivity index (χ0) is 12.0. The lowest BCUT2D eigenvalue weighted by atomic mass is 10.0. The van der Waals surface area contributed by atoms with Crippen LogP contribution in [-0.4, -0.2) is 6.04 Å². The van der Waals surface area contributed by atoms with Gasteiger partial charge >= 0.3 is 0 Å². The maximum Gasteiger partial charge on any atom is 0.0991 e. The SMILES string of the molecule is CCCC(C)NC(C)c1ccc(C#N)cc1. The van der Waals surface area contributed by atoms with Crippen molar-refractivity contribution in [3.8, 4) is 6.07 Å². The molecule has 0 bridgehead atoms. The molecule has 0 spiro atoms. The highest BCUT2D eigenvalue weighted by molar-refractivity contribution is 5.32. The maximum atomic E-state index is 8.72. The summed E-state index contributed by atoms with van der Waals surface area (Å²) in [6.07, 6.45) is 2.40. The molecule has 0 heterocycles. The van der Waals surface area contributed by atoms with Crippen molar-refractivity contribution in [2.45, 2.75) is 45.7 Å². The third kappa shape index (κ3) is 3.67. The molecule has 0 aliphatic heterocycles. The minimum atomic E-state index is 0.342. The number of nitrogens with zero attached hydrogens (tertiary/aromatic N) is 1. The lowest BCUT2D eigenvalue weighted by Gasteiger charge is -2.19. The monoisotopic (exact) mass is 216 g/mol. The quantitative estimate of drug-likeness (QED) is 0.818. The predicted octanol–water partition coefficient (Wildman–Crippen LogP) is 3.40. The minimum absolute atomic E-state index is 0.342. The Bertz CT molecular complexity index is 348. The molecule has 2 unspecified atom stereocenters. The first-order chi connectivity index (χ1) is 7.67. The third-order valence-electron chi connectivity index (χ3n) is 2.80. The van der Waals surface area contributed by atoms with E-state index in [2.05, 4.69) is 32.2 Å². The second-order valence-electron chi connectivity index (χ2n) is 4.31. The van der Waals surface area contributed by atoms with Crippen LogP contribution in [-0.2, 0) is 0 Å². The third-order valence-corrected chi connectivity index (χ3v) is 2.80. The van der Waals surface area contributed by atoms with Gasteiger partial charge in [0, 0.05) is 12.1 Å². The molecule has 2 atom stereocenters. The van der Waals surface area contributed by atoms with Crippen LogP contribution in [0.3, 0.4) is 0 Å². The fourth-order valence-electron chi connectivity index (χ4n) is 1.89. The van der Waals surface area contributed by atoms with Gasteiger partial charge in [-0.05, 0) is 38.0 Å². The van der Waals surface area contributed by atoms with Gasteiger partial charge in [-0.15, -0.1) is 0 Å². The van der Waals surface area contributed by atoms with Crippen molar-refractivity contribution in [2.75, 3.05) is 0 Å². The van der Waals surface area contributed by atoms with Crippen LogP contribution < -0.4 is 5.32 Å². The van der Waals surface area contributed by atoms with Gasteiger partial charge in [-0.1, -0.05) is 25.5 Å². The van der Waals surface area contributed by atoms with E-state index in [9.17, 15) is 0 Å². The van der Waals surface area contributed by atoms with Gasteiger partial charge in [-0.3, -0.25) is 0 Å². The molecule has 0 aromatic heterocycles. The molecule has 2 nitrogen and oxygen atoms in total. The van der Waals surface area contributed by atoms with E-state index in [4.69, 9.17) is 5.26 Å². The van der Waals surface area contributed by atoms with Gasteiger partial charge in [0.1, 0.15) is 0 Å². The summed E-state index contributed by atoms with van der Waals surface area (Å²) >= 11 is 0. The summed E-state index contributed by atoms with van der Waals surface area (Å²) in [5.74, 6) is 0. The molecule has 0 amide bonds. The largest absolute Gasteiger partial charge is 0.308 e. The molecule has 2 heteroatoms. The van der Waals surface area contributed by atoms with Crippen molar-refractivity contribution in [2.24, 2.45) is 0 Å². The smallest absolute Gasteiger partial charge is 0.0991 e. The van der Waals surface area contributed by atoms with Gasteiger partial charge in [0.25, 0.3) is 0 Å². The van der Waals surface area contributed by atoms with E-state index in [0.717, 1.165) is 5.56 Å². The Balaban J connectivity index is 2.59. The first kappa shape index (κ1) is 12.7. The summed E-state index contributed by atoms with van der Waals surface area (Å²) < 4.78 is 0. The maximum absolute atomic E-state index is 8.72. The number of nitriles is 1. The lowest BCUT2D eigenvalue weighted by Crippen LogP contribution is -2.28. The number of hydrogen-bond acceptors (Lipinski definition) is 2. The molecule has 1 N–H and O–H groups in total.